The van der Waals surface area contributed by atoms with Crippen LogP contribution < -0.4 is 9.79 Å². The van der Waals surface area contributed by atoms with Gasteiger partial charge in [0, 0.05) is 0 Å². The van der Waals surface area contributed by atoms with E-state index in [0.717, 1.165) is 0 Å². The summed E-state index contributed by atoms with van der Waals surface area (Å²) in [5.74, 6) is 0. The molecule has 0 aromatic rings. The van der Waals surface area contributed by atoms with Crippen molar-refractivity contribution in [1.29, 1.82) is 0 Å². The standard InChI is InChI=1S/C12H23O14P/c13-1-2-3(14)4(15)9(20)12(24-2)25-10-7(18)5(16)6(17)8(19)11(10)26-27(21,22)23/h2-20H,1H2,(H2,21,22,23)/p-2/t2-,3-,4+,5-,6-,7+,8-,9+,10-,11-,12-/m1/s1. The zero-order valence-electron chi connectivity index (χ0n) is 13.5. The van der Waals surface area contributed by atoms with Crippen molar-refractivity contribution in [2.75, 3.05) is 6.61 Å². The molecule has 1 heterocycles. The second kappa shape index (κ2) is 8.61. The van der Waals surface area contributed by atoms with E-state index in [1.807, 2.05) is 0 Å². The molecule has 8 N–H and O–H groups in total. The summed E-state index contributed by atoms with van der Waals surface area (Å²) < 4.78 is 25.1. The highest BCUT2D eigenvalue weighted by Crippen LogP contribution is 2.37. The van der Waals surface area contributed by atoms with Crippen molar-refractivity contribution in [2.45, 2.75) is 67.3 Å². The first kappa shape index (κ1) is 23.0. The normalized spacial score (nSPS) is 49.2. The molecule has 27 heavy (non-hydrogen) atoms. The molecule has 2 aliphatic rings. The largest absolute Gasteiger partial charge is 0.790 e. The molecule has 0 bridgehead atoms. The lowest BCUT2D eigenvalue weighted by molar-refractivity contribution is -0.366. The number of phosphoric acid groups is 1. The van der Waals surface area contributed by atoms with Gasteiger partial charge >= 0.3 is 0 Å². The number of aliphatic hydroxyl groups excluding tert-OH is 8. The maximum absolute atomic E-state index is 10.9. The van der Waals surface area contributed by atoms with Gasteiger partial charge in [0.05, 0.1) is 14.4 Å². The van der Waals surface area contributed by atoms with E-state index in [1.54, 1.807) is 0 Å². The van der Waals surface area contributed by atoms with Gasteiger partial charge in [0.15, 0.2) is 6.29 Å². The first-order valence-electron chi connectivity index (χ1n) is 7.77. The van der Waals surface area contributed by atoms with Crippen LogP contribution >= 0.6 is 7.82 Å². The predicted octanol–water partition coefficient (Wildman–Crippen LogP) is -7.16. The lowest BCUT2D eigenvalue weighted by atomic mass is 9.84. The Kier molecular flexibility index (Phi) is 7.33. The molecule has 0 spiro atoms. The first-order chi connectivity index (χ1) is 12.4. The van der Waals surface area contributed by atoms with E-state index in [-0.39, 0.29) is 0 Å². The molecule has 14 nitrogen and oxygen atoms in total. The molecule has 0 radical (unpaired) electrons. The van der Waals surface area contributed by atoms with E-state index < -0.39 is 81.8 Å². The first-order valence-corrected chi connectivity index (χ1v) is 9.23. The molecule has 15 heteroatoms. The molecule has 0 unspecified atom stereocenters. The average molecular weight is 420 g/mol. The van der Waals surface area contributed by atoms with Crippen molar-refractivity contribution < 1.29 is 69.2 Å². The summed E-state index contributed by atoms with van der Waals surface area (Å²) in [4.78, 5) is 21.8. The Labute approximate surface area is 152 Å². The van der Waals surface area contributed by atoms with Gasteiger partial charge < -0.3 is 69.2 Å². The Morgan fingerprint density at radius 1 is 0.778 bits per heavy atom. The number of hydrogen-bond acceptors (Lipinski definition) is 14. The molecule has 11 atom stereocenters. The van der Waals surface area contributed by atoms with Crippen LogP contribution in [0.4, 0.5) is 0 Å². The van der Waals surface area contributed by atoms with Crippen molar-refractivity contribution in [3.05, 3.63) is 0 Å². The van der Waals surface area contributed by atoms with Gasteiger partial charge in [-0.05, 0) is 0 Å². The molecule has 0 aromatic carbocycles. The van der Waals surface area contributed by atoms with Crippen LogP contribution in [-0.2, 0) is 18.6 Å². The second-order valence-electron chi connectivity index (χ2n) is 6.28. The number of hydrogen-bond donors (Lipinski definition) is 8. The molecule has 160 valence electrons. The SMILES string of the molecule is O=P([O-])([O-])O[C@@H]1[C@H](O)[C@H](O)[C@@H](O)[C@H](O)[C@H]1O[C@H]1O[C@H](CO)[C@@H](O)[C@H](O)[C@@H]1O. The molecule has 2 fully saturated rings. The van der Waals surface area contributed by atoms with Crippen LogP contribution in [-0.4, -0.2) is 115 Å². The van der Waals surface area contributed by atoms with E-state index in [2.05, 4.69) is 4.52 Å². The highest BCUT2D eigenvalue weighted by molar-refractivity contribution is 7.43. The number of aliphatic hydroxyl groups is 8. The Balaban J connectivity index is 2.27. The van der Waals surface area contributed by atoms with E-state index in [1.165, 1.54) is 0 Å². The summed E-state index contributed by atoms with van der Waals surface area (Å²) in [5.41, 5.74) is 0. The smallest absolute Gasteiger partial charge is 0.187 e. The molecule has 1 aliphatic heterocycles. The fourth-order valence-corrected chi connectivity index (χ4v) is 3.49. The summed E-state index contributed by atoms with van der Waals surface area (Å²) in [7, 11) is -5.77. The Hall–Kier alpha value is -0.290. The lowest BCUT2D eigenvalue weighted by Gasteiger charge is -2.48. The van der Waals surface area contributed by atoms with Crippen molar-refractivity contribution in [1.82, 2.24) is 0 Å². The average Bonchev–Trinajstić information content (AvgIpc) is 2.60. The van der Waals surface area contributed by atoms with Gasteiger partial charge in [0.1, 0.15) is 61.0 Å². The van der Waals surface area contributed by atoms with Crippen LogP contribution in [0.2, 0.25) is 0 Å². The van der Waals surface area contributed by atoms with Crippen molar-refractivity contribution in [2.24, 2.45) is 0 Å². The second-order valence-corrected chi connectivity index (χ2v) is 7.38. The molecule has 2 rings (SSSR count). The van der Waals surface area contributed by atoms with Gasteiger partial charge in [-0.15, -0.1) is 0 Å². The van der Waals surface area contributed by atoms with Crippen LogP contribution in [0.1, 0.15) is 0 Å². The fourth-order valence-electron chi connectivity index (χ4n) is 2.95. The van der Waals surface area contributed by atoms with E-state index in [9.17, 15) is 50.1 Å². The van der Waals surface area contributed by atoms with Crippen molar-refractivity contribution in [3.8, 4) is 0 Å². The third-order valence-electron chi connectivity index (χ3n) is 4.44. The highest BCUT2D eigenvalue weighted by atomic mass is 31.2. The minimum atomic E-state index is -5.77. The summed E-state index contributed by atoms with van der Waals surface area (Å²) in [5, 5.41) is 77.8. The van der Waals surface area contributed by atoms with Crippen molar-refractivity contribution in [3.63, 3.8) is 0 Å². The Morgan fingerprint density at radius 3 is 1.74 bits per heavy atom. The minimum Gasteiger partial charge on any atom is -0.790 e. The molecule has 0 amide bonds. The Bertz CT molecular complexity index is 540. The number of rotatable bonds is 5. The van der Waals surface area contributed by atoms with Crippen LogP contribution in [0.15, 0.2) is 0 Å². The van der Waals surface area contributed by atoms with Crippen LogP contribution in [0.5, 0.6) is 0 Å². The van der Waals surface area contributed by atoms with E-state index in [4.69, 9.17) is 14.6 Å². The van der Waals surface area contributed by atoms with Crippen LogP contribution in [0.3, 0.4) is 0 Å². The zero-order chi connectivity index (χ0) is 20.7. The van der Waals surface area contributed by atoms with Crippen LogP contribution in [0.25, 0.3) is 0 Å². The van der Waals surface area contributed by atoms with Crippen LogP contribution in [0, 0.1) is 0 Å². The molecule has 1 saturated heterocycles. The molecular formula is C12H21O14P-2. The van der Waals surface area contributed by atoms with Crippen molar-refractivity contribution >= 4 is 7.82 Å². The third-order valence-corrected chi connectivity index (χ3v) is 4.94. The number of ether oxygens (including phenoxy) is 2. The van der Waals surface area contributed by atoms with Gasteiger partial charge in [-0.1, -0.05) is 0 Å². The summed E-state index contributed by atoms with van der Waals surface area (Å²) >= 11 is 0. The highest BCUT2D eigenvalue weighted by Gasteiger charge is 2.53. The monoisotopic (exact) mass is 420 g/mol. The number of phosphoric ester groups is 1. The topological polar surface area (TPSA) is 253 Å². The molecular weight excluding hydrogens is 399 g/mol. The Morgan fingerprint density at radius 2 is 1.26 bits per heavy atom. The van der Waals surface area contributed by atoms with Gasteiger partial charge in [-0.2, -0.15) is 0 Å². The molecule has 0 aromatic heterocycles. The predicted molar refractivity (Wildman–Crippen MR) is 75.1 cm³/mol. The summed E-state index contributed by atoms with van der Waals surface area (Å²) in [6.07, 6.45) is -21.6. The van der Waals surface area contributed by atoms with E-state index in [0.29, 0.717) is 0 Å². The van der Waals surface area contributed by atoms with Gasteiger partial charge in [0.25, 0.3) is 0 Å². The lowest BCUT2D eigenvalue weighted by Crippen LogP contribution is -2.67. The third kappa shape index (κ3) is 4.83. The maximum atomic E-state index is 10.9. The van der Waals surface area contributed by atoms with Gasteiger partial charge in [0.2, 0.25) is 0 Å². The summed E-state index contributed by atoms with van der Waals surface area (Å²) in [6.45, 7) is -0.821. The minimum absolute atomic E-state index is 0.821. The van der Waals surface area contributed by atoms with E-state index >= 15 is 0 Å². The summed E-state index contributed by atoms with van der Waals surface area (Å²) in [6, 6.07) is 0. The van der Waals surface area contributed by atoms with Gasteiger partial charge in [-0.25, -0.2) is 0 Å². The quantitative estimate of drug-likeness (QED) is 0.192. The zero-order valence-corrected chi connectivity index (χ0v) is 14.4. The maximum Gasteiger partial charge on any atom is 0.187 e. The van der Waals surface area contributed by atoms with Gasteiger partial charge in [-0.3, -0.25) is 0 Å². The fraction of sp³-hybridized carbons (Fsp3) is 1.00. The molecule has 1 aliphatic carbocycles. The molecule has 1 saturated carbocycles.